The predicted molar refractivity (Wildman–Crippen MR) is 113 cm³/mol. The zero-order valence-corrected chi connectivity index (χ0v) is 17.6. The highest BCUT2D eigenvalue weighted by Gasteiger charge is 2.28. The van der Waals surface area contributed by atoms with Crippen molar-refractivity contribution in [2.45, 2.75) is 70.8 Å². The van der Waals surface area contributed by atoms with Gasteiger partial charge in [0.05, 0.1) is 0 Å². The molecule has 0 spiro atoms. The summed E-state index contributed by atoms with van der Waals surface area (Å²) in [6.45, 7) is 6.77. The number of aromatic nitrogens is 2. The fraction of sp³-hybridized carbons (Fsp3) is 0.609. The van der Waals surface area contributed by atoms with Gasteiger partial charge in [-0.3, -0.25) is 4.79 Å². The zero-order chi connectivity index (χ0) is 20.2. The number of aryl methyl sites for hydroxylation is 2. The molecule has 6 heteroatoms. The van der Waals surface area contributed by atoms with Crippen LogP contribution in [0.1, 0.15) is 68.7 Å². The van der Waals surface area contributed by atoms with Crippen molar-refractivity contribution in [3.05, 3.63) is 41.6 Å². The van der Waals surface area contributed by atoms with Crippen molar-refractivity contribution in [1.82, 2.24) is 15.1 Å². The van der Waals surface area contributed by atoms with Crippen molar-refractivity contribution in [3.8, 4) is 0 Å². The summed E-state index contributed by atoms with van der Waals surface area (Å²) in [6, 6.07) is 8.65. The molecule has 156 valence electrons. The van der Waals surface area contributed by atoms with Crippen LogP contribution in [0.5, 0.6) is 0 Å². The van der Waals surface area contributed by atoms with E-state index in [0.717, 1.165) is 38.4 Å². The zero-order valence-electron chi connectivity index (χ0n) is 17.6. The number of hydrogen-bond acceptors (Lipinski definition) is 5. The first-order valence-electron chi connectivity index (χ1n) is 11.0. The molecule has 2 aromatic rings. The maximum Gasteiger partial charge on any atom is 0.223 e. The van der Waals surface area contributed by atoms with Crippen LogP contribution in [0.3, 0.4) is 0 Å². The quantitative estimate of drug-likeness (QED) is 0.761. The van der Waals surface area contributed by atoms with Crippen LogP contribution in [0.4, 0.5) is 5.69 Å². The van der Waals surface area contributed by atoms with E-state index in [1.54, 1.807) is 0 Å². The van der Waals surface area contributed by atoms with Gasteiger partial charge in [-0.25, -0.2) is 0 Å². The summed E-state index contributed by atoms with van der Waals surface area (Å²) in [4.78, 5) is 17.2. The molecule has 1 saturated heterocycles. The number of para-hydroxylation sites is 1. The SMILES string of the molecule is Cc1ccccc1N1CCN(C(=O)CCc2nnc(C3CCCCC3)o2)C(C)C1. The standard InChI is InChI=1S/C23H32N4O2/c1-17-8-6-7-11-20(17)26-14-15-27(18(2)16-26)22(28)13-12-21-24-25-23(29-21)19-9-4-3-5-10-19/h6-8,11,18-19H,3-5,9-10,12-16H2,1-2H3. The van der Waals surface area contributed by atoms with Crippen LogP contribution in [-0.2, 0) is 11.2 Å². The number of piperazine rings is 1. The minimum Gasteiger partial charge on any atom is -0.425 e. The molecule has 0 radical (unpaired) electrons. The highest BCUT2D eigenvalue weighted by molar-refractivity contribution is 5.77. The van der Waals surface area contributed by atoms with E-state index in [0.29, 0.717) is 24.7 Å². The van der Waals surface area contributed by atoms with Crippen LogP contribution >= 0.6 is 0 Å². The van der Waals surface area contributed by atoms with Crippen molar-refractivity contribution in [1.29, 1.82) is 0 Å². The molecule has 1 aliphatic heterocycles. The van der Waals surface area contributed by atoms with Crippen molar-refractivity contribution in [3.63, 3.8) is 0 Å². The average Bonchev–Trinajstić information content (AvgIpc) is 3.22. The third kappa shape index (κ3) is 4.62. The first kappa shape index (κ1) is 19.9. The van der Waals surface area contributed by atoms with Crippen molar-refractivity contribution < 1.29 is 9.21 Å². The fourth-order valence-corrected chi connectivity index (χ4v) is 4.70. The molecule has 29 heavy (non-hydrogen) atoms. The van der Waals surface area contributed by atoms with E-state index >= 15 is 0 Å². The average molecular weight is 397 g/mol. The van der Waals surface area contributed by atoms with E-state index < -0.39 is 0 Å². The monoisotopic (exact) mass is 396 g/mol. The van der Waals surface area contributed by atoms with Crippen molar-refractivity contribution >= 4 is 11.6 Å². The summed E-state index contributed by atoms with van der Waals surface area (Å²) in [6.07, 6.45) is 7.04. The van der Waals surface area contributed by atoms with Gasteiger partial charge in [0.15, 0.2) is 0 Å². The third-order valence-corrected chi connectivity index (χ3v) is 6.39. The van der Waals surface area contributed by atoms with Gasteiger partial charge in [0, 0.05) is 50.1 Å². The molecule has 1 aromatic carbocycles. The number of amides is 1. The number of carbonyl (C=O) groups excluding carboxylic acids is 1. The van der Waals surface area contributed by atoms with E-state index in [-0.39, 0.29) is 11.9 Å². The van der Waals surface area contributed by atoms with Gasteiger partial charge >= 0.3 is 0 Å². The second kappa shape index (κ2) is 8.97. The number of hydrogen-bond donors (Lipinski definition) is 0. The van der Waals surface area contributed by atoms with E-state index in [9.17, 15) is 4.79 Å². The lowest BCUT2D eigenvalue weighted by Crippen LogP contribution is -2.54. The molecule has 2 fully saturated rings. The van der Waals surface area contributed by atoms with Gasteiger partial charge in [0.2, 0.25) is 17.7 Å². The molecule has 2 aliphatic rings. The summed E-state index contributed by atoms with van der Waals surface area (Å²) >= 11 is 0. The lowest BCUT2D eigenvalue weighted by molar-refractivity contribution is -0.133. The summed E-state index contributed by atoms with van der Waals surface area (Å²) in [5.74, 6) is 1.96. The van der Waals surface area contributed by atoms with Gasteiger partial charge in [0.1, 0.15) is 0 Å². The molecule has 1 aliphatic carbocycles. The Bertz CT molecular complexity index is 828. The van der Waals surface area contributed by atoms with Crippen LogP contribution in [0, 0.1) is 6.92 Å². The molecule has 0 N–H and O–H groups in total. The van der Waals surface area contributed by atoms with Gasteiger partial charge in [-0.15, -0.1) is 10.2 Å². The summed E-state index contributed by atoms with van der Waals surface area (Å²) in [7, 11) is 0. The molecule has 2 heterocycles. The lowest BCUT2D eigenvalue weighted by atomic mass is 9.89. The van der Waals surface area contributed by atoms with Crippen LogP contribution in [0.15, 0.2) is 28.7 Å². The number of rotatable bonds is 5. The van der Waals surface area contributed by atoms with Crippen molar-refractivity contribution in [2.24, 2.45) is 0 Å². The molecule has 1 unspecified atom stereocenters. The maximum absolute atomic E-state index is 12.8. The molecule has 0 bridgehead atoms. The minimum absolute atomic E-state index is 0.180. The second-order valence-electron chi connectivity index (χ2n) is 8.54. The Morgan fingerprint density at radius 3 is 2.69 bits per heavy atom. The van der Waals surface area contributed by atoms with Gasteiger partial charge < -0.3 is 14.2 Å². The summed E-state index contributed by atoms with van der Waals surface area (Å²) in [5, 5.41) is 8.44. The van der Waals surface area contributed by atoms with Gasteiger partial charge in [-0.2, -0.15) is 0 Å². The Hall–Kier alpha value is -2.37. The van der Waals surface area contributed by atoms with E-state index in [4.69, 9.17) is 4.42 Å². The van der Waals surface area contributed by atoms with Gasteiger partial charge in [-0.05, 0) is 38.3 Å². The molecular weight excluding hydrogens is 364 g/mol. The van der Waals surface area contributed by atoms with E-state index in [2.05, 4.69) is 53.2 Å². The lowest BCUT2D eigenvalue weighted by Gasteiger charge is -2.41. The number of benzene rings is 1. The van der Waals surface area contributed by atoms with Gasteiger partial charge in [0.25, 0.3) is 0 Å². The highest BCUT2D eigenvalue weighted by Crippen LogP contribution is 2.31. The second-order valence-corrected chi connectivity index (χ2v) is 8.54. The molecule has 1 amide bonds. The Morgan fingerprint density at radius 1 is 1.14 bits per heavy atom. The molecular formula is C23H32N4O2. The summed E-state index contributed by atoms with van der Waals surface area (Å²) < 4.78 is 5.87. The highest BCUT2D eigenvalue weighted by atomic mass is 16.4. The van der Waals surface area contributed by atoms with E-state index in [1.807, 2.05) is 4.90 Å². The Morgan fingerprint density at radius 2 is 1.93 bits per heavy atom. The number of anilines is 1. The Balaban J connectivity index is 1.29. The van der Waals surface area contributed by atoms with Crippen LogP contribution in [-0.4, -0.2) is 46.7 Å². The first-order valence-corrected chi connectivity index (χ1v) is 11.0. The van der Waals surface area contributed by atoms with Crippen LogP contribution in [0.25, 0.3) is 0 Å². The van der Waals surface area contributed by atoms with Crippen LogP contribution in [0.2, 0.25) is 0 Å². The third-order valence-electron chi connectivity index (χ3n) is 6.39. The maximum atomic E-state index is 12.8. The number of carbonyl (C=O) groups is 1. The largest absolute Gasteiger partial charge is 0.425 e. The fourth-order valence-electron chi connectivity index (χ4n) is 4.70. The van der Waals surface area contributed by atoms with Crippen molar-refractivity contribution in [2.75, 3.05) is 24.5 Å². The summed E-state index contributed by atoms with van der Waals surface area (Å²) in [5.41, 5.74) is 2.55. The Labute approximate surface area is 173 Å². The molecule has 1 atom stereocenters. The van der Waals surface area contributed by atoms with Crippen LogP contribution < -0.4 is 4.90 Å². The van der Waals surface area contributed by atoms with E-state index in [1.165, 1.54) is 30.5 Å². The minimum atomic E-state index is 0.180. The van der Waals surface area contributed by atoms with Gasteiger partial charge in [-0.1, -0.05) is 37.5 Å². The predicted octanol–water partition coefficient (Wildman–Crippen LogP) is 4.10. The molecule has 4 rings (SSSR count). The molecule has 1 saturated carbocycles. The normalized spacial score (nSPS) is 20.8. The first-order chi connectivity index (χ1) is 14.1. The topological polar surface area (TPSA) is 62.5 Å². The number of nitrogens with zero attached hydrogens (tertiary/aromatic N) is 4. The molecule has 6 nitrogen and oxygen atoms in total. The Kier molecular flexibility index (Phi) is 6.16. The smallest absolute Gasteiger partial charge is 0.223 e. The molecule has 1 aromatic heterocycles.